The van der Waals surface area contributed by atoms with Gasteiger partial charge in [0.1, 0.15) is 0 Å². The fraction of sp³-hybridized carbons (Fsp3) is 0.353. The molecule has 0 heterocycles. The van der Waals surface area contributed by atoms with E-state index < -0.39 is 0 Å². The van der Waals surface area contributed by atoms with E-state index in [1.165, 1.54) is 16.3 Å². The van der Waals surface area contributed by atoms with Crippen molar-refractivity contribution in [3.63, 3.8) is 0 Å². The van der Waals surface area contributed by atoms with E-state index in [0.29, 0.717) is 6.04 Å². The smallest absolute Gasteiger partial charge is 0.220 e. The van der Waals surface area contributed by atoms with E-state index in [4.69, 9.17) is 5.73 Å². The minimum absolute atomic E-state index is 0.0622. The lowest BCUT2D eigenvalue weighted by molar-refractivity contribution is -0.124. The number of nitrogens with one attached hydrogen (secondary N) is 1. The maximum Gasteiger partial charge on any atom is 0.220 e. The third-order valence-electron chi connectivity index (χ3n) is 4.32. The zero-order valence-corrected chi connectivity index (χ0v) is 11.7. The maximum absolute atomic E-state index is 11.1. The minimum atomic E-state index is -0.166. The highest BCUT2D eigenvalue weighted by atomic mass is 16.1. The van der Waals surface area contributed by atoms with Crippen molar-refractivity contribution in [1.29, 1.82) is 0 Å². The van der Waals surface area contributed by atoms with Crippen molar-refractivity contribution < 1.29 is 4.79 Å². The Morgan fingerprint density at radius 3 is 2.65 bits per heavy atom. The summed E-state index contributed by atoms with van der Waals surface area (Å²) in [7, 11) is 0. The predicted octanol–water partition coefficient (Wildman–Crippen LogP) is 2.75. The van der Waals surface area contributed by atoms with Gasteiger partial charge in [-0.25, -0.2) is 0 Å². The van der Waals surface area contributed by atoms with E-state index in [-0.39, 0.29) is 17.9 Å². The summed E-state index contributed by atoms with van der Waals surface area (Å²) < 4.78 is 0. The van der Waals surface area contributed by atoms with E-state index in [0.717, 1.165) is 12.8 Å². The first-order valence-electron chi connectivity index (χ1n) is 7.18. The highest BCUT2D eigenvalue weighted by molar-refractivity contribution is 5.86. The molecule has 1 aliphatic carbocycles. The standard InChI is InChI=1S/C17H20N2O/c1-11(19-14-9-13(10-14)17(18)20)15-8-4-6-12-5-2-3-7-16(12)15/h2-8,11,13-14,19H,9-10H2,1H3,(H2,18,20)/t11-,13?,14?/m1/s1. The molecule has 3 heteroatoms. The molecule has 2 aromatic rings. The van der Waals surface area contributed by atoms with Crippen LogP contribution in [0, 0.1) is 5.92 Å². The first-order chi connectivity index (χ1) is 9.65. The molecule has 0 saturated heterocycles. The summed E-state index contributed by atoms with van der Waals surface area (Å²) in [5, 5.41) is 6.16. The van der Waals surface area contributed by atoms with Gasteiger partial charge in [-0.1, -0.05) is 42.5 Å². The van der Waals surface area contributed by atoms with Crippen LogP contribution in [0.5, 0.6) is 0 Å². The van der Waals surface area contributed by atoms with Gasteiger partial charge in [0, 0.05) is 18.0 Å². The second kappa shape index (κ2) is 5.25. The number of nitrogens with two attached hydrogens (primary N) is 1. The molecular formula is C17H20N2O. The molecule has 3 nitrogen and oxygen atoms in total. The summed E-state index contributed by atoms with van der Waals surface area (Å²) in [4.78, 5) is 11.1. The zero-order chi connectivity index (χ0) is 14.1. The Morgan fingerprint density at radius 2 is 1.90 bits per heavy atom. The van der Waals surface area contributed by atoms with E-state index in [1.807, 2.05) is 0 Å². The number of rotatable bonds is 4. The molecule has 0 aromatic heterocycles. The van der Waals surface area contributed by atoms with Crippen LogP contribution in [-0.2, 0) is 4.79 Å². The van der Waals surface area contributed by atoms with Crippen molar-refractivity contribution in [3.05, 3.63) is 48.0 Å². The highest BCUT2D eigenvalue weighted by Gasteiger charge is 2.33. The molecule has 0 radical (unpaired) electrons. The Kier molecular flexibility index (Phi) is 3.45. The van der Waals surface area contributed by atoms with Gasteiger partial charge >= 0.3 is 0 Å². The van der Waals surface area contributed by atoms with Gasteiger partial charge in [0.05, 0.1) is 0 Å². The van der Waals surface area contributed by atoms with Gasteiger partial charge in [-0.3, -0.25) is 4.79 Å². The topological polar surface area (TPSA) is 55.1 Å². The van der Waals surface area contributed by atoms with Crippen LogP contribution in [0.4, 0.5) is 0 Å². The number of carbonyl (C=O) groups excluding carboxylic acids is 1. The van der Waals surface area contributed by atoms with E-state index in [2.05, 4.69) is 54.7 Å². The van der Waals surface area contributed by atoms with Crippen molar-refractivity contribution in [2.45, 2.75) is 31.8 Å². The number of fused-ring (bicyclic) bond motifs is 1. The Balaban J connectivity index is 1.73. The van der Waals surface area contributed by atoms with Gasteiger partial charge in [0.2, 0.25) is 5.91 Å². The number of benzene rings is 2. The van der Waals surface area contributed by atoms with Gasteiger partial charge in [-0.05, 0) is 36.1 Å². The first kappa shape index (κ1) is 13.1. The van der Waals surface area contributed by atoms with Crippen molar-refractivity contribution >= 4 is 16.7 Å². The van der Waals surface area contributed by atoms with Gasteiger partial charge in [0.25, 0.3) is 0 Å². The van der Waals surface area contributed by atoms with Crippen LogP contribution in [0.15, 0.2) is 42.5 Å². The fourth-order valence-corrected chi connectivity index (χ4v) is 3.06. The SMILES string of the molecule is C[C@@H](NC1CC(C(N)=O)C1)c1cccc2ccccc12. The molecule has 104 valence electrons. The zero-order valence-electron chi connectivity index (χ0n) is 11.7. The molecule has 20 heavy (non-hydrogen) atoms. The molecule has 3 N–H and O–H groups in total. The molecule has 3 rings (SSSR count). The molecule has 1 atom stereocenters. The van der Waals surface area contributed by atoms with Gasteiger partial charge < -0.3 is 11.1 Å². The first-order valence-corrected chi connectivity index (χ1v) is 7.18. The lowest BCUT2D eigenvalue weighted by Crippen LogP contribution is -2.46. The molecular weight excluding hydrogens is 248 g/mol. The summed E-state index contributed by atoms with van der Waals surface area (Å²) in [6.07, 6.45) is 1.73. The molecule has 1 saturated carbocycles. The van der Waals surface area contributed by atoms with E-state index in [1.54, 1.807) is 0 Å². The second-order valence-corrected chi connectivity index (χ2v) is 5.72. The van der Waals surface area contributed by atoms with Crippen molar-refractivity contribution in [2.24, 2.45) is 11.7 Å². The molecule has 1 aliphatic rings. The van der Waals surface area contributed by atoms with Crippen molar-refractivity contribution in [2.75, 3.05) is 0 Å². The Hall–Kier alpha value is -1.87. The van der Waals surface area contributed by atoms with Crippen LogP contribution in [0.1, 0.15) is 31.4 Å². The quantitative estimate of drug-likeness (QED) is 0.896. The number of primary amides is 1. The van der Waals surface area contributed by atoms with E-state index in [9.17, 15) is 4.79 Å². The maximum atomic E-state index is 11.1. The summed E-state index contributed by atoms with van der Waals surface area (Å²) in [5.41, 5.74) is 6.62. The molecule has 0 unspecified atom stereocenters. The normalized spacial score (nSPS) is 23.2. The number of carbonyl (C=O) groups is 1. The Bertz CT molecular complexity index is 626. The molecule has 1 amide bonds. The Labute approximate surface area is 119 Å². The average molecular weight is 268 g/mol. The van der Waals surface area contributed by atoms with Gasteiger partial charge in [-0.15, -0.1) is 0 Å². The van der Waals surface area contributed by atoms with Gasteiger partial charge in [-0.2, -0.15) is 0 Å². The second-order valence-electron chi connectivity index (χ2n) is 5.72. The summed E-state index contributed by atoms with van der Waals surface area (Å²) in [5.74, 6) is -0.104. The molecule has 2 aromatic carbocycles. The molecule has 0 aliphatic heterocycles. The van der Waals surface area contributed by atoms with Crippen LogP contribution in [0.25, 0.3) is 10.8 Å². The van der Waals surface area contributed by atoms with Crippen LogP contribution < -0.4 is 11.1 Å². The molecule has 0 spiro atoms. The van der Waals surface area contributed by atoms with Crippen LogP contribution in [0.3, 0.4) is 0 Å². The monoisotopic (exact) mass is 268 g/mol. The van der Waals surface area contributed by atoms with Gasteiger partial charge in [0.15, 0.2) is 0 Å². The van der Waals surface area contributed by atoms with Crippen LogP contribution in [0.2, 0.25) is 0 Å². The lowest BCUT2D eigenvalue weighted by Gasteiger charge is -2.36. The predicted molar refractivity (Wildman–Crippen MR) is 81.2 cm³/mol. The van der Waals surface area contributed by atoms with Crippen LogP contribution >= 0.6 is 0 Å². The minimum Gasteiger partial charge on any atom is -0.369 e. The summed E-state index contributed by atoms with van der Waals surface area (Å²) in [6.45, 7) is 2.18. The third-order valence-corrected chi connectivity index (χ3v) is 4.32. The summed E-state index contributed by atoms with van der Waals surface area (Å²) >= 11 is 0. The van der Waals surface area contributed by atoms with Crippen molar-refractivity contribution in [1.82, 2.24) is 5.32 Å². The van der Waals surface area contributed by atoms with E-state index >= 15 is 0 Å². The molecule has 0 bridgehead atoms. The molecule has 1 fully saturated rings. The highest BCUT2D eigenvalue weighted by Crippen LogP contribution is 2.31. The number of hydrogen-bond donors (Lipinski definition) is 2. The van der Waals surface area contributed by atoms with Crippen molar-refractivity contribution in [3.8, 4) is 0 Å². The average Bonchev–Trinajstić information content (AvgIpc) is 2.41. The summed E-state index contributed by atoms with van der Waals surface area (Å²) in [6, 6.07) is 15.5. The largest absolute Gasteiger partial charge is 0.369 e. The van der Waals surface area contributed by atoms with Crippen LogP contribution in [-0.4, -0.2) is 11.9 Å². The third kappa shape index (κ3) is 2.41. The Morgan fingerprint density at radius 1 is 1.20 bits per heavy atom. The number of hydrogen-bond acceptors (Lipinski definition) is 2. The lowest BCUT2D eigenvalue weighted by atomic mass is 9.79. The number of amides is 1. The fourth-order valence-electron chi connectivity index (χ4n) is 3.06.